The Bertz CT molecular complexity index is 437. The van der Waals surface area contributed by atoms with Gasteiger partial charge in [0.2, 0.25) is 0 Å². The fourth-order valence-electron chi connectivity index (χ4n) is 2.46. The van der Waals surface area contributed by atoms with E-state index in [9.17, 15) is 0 Å². The van der Waals surface area contributed by atoms with E-state index < -0.39 is 0 Å². The lowest BCUT2D eigenvalue weighted by Crippen LogP contribution is -2.34. The van der Waals surface area contributed by atoms with Crippen LogP contribution in [-0.4, -0.2) is 23.1 Å². The lowest BCUT2D eigenvalue weighted by atomic mass is 9.97. The number of nitrogens with zero attached hydrogens (tertiary/aromatic N) is 3. The molecular formula is C14H20ClN3. The average Bonchev–Trinajstić information content (AvgIpc) is 2.38. The van der Waals surface area contributed by atoms with E-state index in [0.717, 1.165) is 49.6 Å². The average molecular weight is 266 g/mol. The molecule has 1 saturated heterocycles. The van der Waals surface area contributed by atoms with Crippen LogP contribution in [0.1, 0.15) is 31.2 Å². The highest BCUT2D eigenvalue weighted by atomic mass is 35.5. The molecule has 0 aliphatic carbocycles. The molecule has 1 aliphatic rings. The first kappa shape index (κ1) is 13.3. The molecule has 0 saturated carbocycles. The third-order valence-corrected chi connectivity index (χ3v) is 3.89. The lowest BCUT2D eigenvalue weighted by Gasteiger charge is -2.32. The molecule has 0 atom stereocenters. The van der Waals surface area contributed by atoms with E-state index in [1.54, 1.807) is 0 Å². The molecule has 0 N–H and O–H groups in total. The van der Waals surface area contributed by atoms with E-state index in [1.807, 2.05) is 6.92 Å². The Hall–Kier alpha value is -1.09. The van der Waals surface area contributed by atoms with Gasteiger partial charge in [0.25, 0.3) is 0 Å². The van der Waals surface area contributed by atoms with Gasteiger partial charge in [-0.3, -0.25) is 0 Å². The van der Waals surface area contributed by atoms with Crippen LogP contribution in [0, 0.1) is 12.8 Å². The topological polar surface area (TPSA) is 29.0 Å². The summed E-state index contributed by atoms with van der Waals surface area (Å²) in [5.41, 5.74) is 1.07. The van der Waals surface area contributed by atoms with Crippen molar-refractivity contribution in [1.82, 2.24) is 9.97 Å². The van der Waals surface area contributed by atoms with Crippen LogP contribution in [0.5, 0.6) is 0 Å². The fraction of sp³-hybridized carbons (Fsp3) is 0.571. The van der Waals surface area contributed by atoms with E-state index in [0.29, 0.717) is 11.1 Å². The Balaban J connectivity index is 2.25. The van der Waals surface area contributed by atoms with Crippen molar-refractivity contribution < 1.29 is 0 Å². The van der Waals surface area contributed by atoms with Gasteiger partial charge in [0.05, 0.1) is 0 Å². The van der Waals surface area contributed by atoms with Crippen molar-refractivity contribution >= 4 is 17.4 Å². The van der Waals surface area contributed by atoms with E-state index in [-0.39, 0.29) is 0 Å². The first-order chi connectivity index (χ1) is 8.65. The van der Waals surface area contributed by atoms with Crippen molar-refractivity contribution in [2.45, 2.75) is 33.1 Å². The van der Waals surface area contributed by atoms with E-state index >= 15 is 0 Å². The van der Waals surface area contributed by atoms with Gasteiger partial charge in [-0.15, -0.1) is 6.58 Å². The lowest BCUT2D eigenvalue weighted by molar-refractivity contribution is 0.476. The predicted molar refractivity (Wildman–Crippen MR) is 76.3 cm³/mol. The molecule has 0 bridgehead atoms. The number of aromatic nitrogens is 2. The van der Waals surface area contributed by atoms with Crippen LogP contribution in [0.2, 0.25) is 5.15 Å². The maximum atomic E-state index is 6.22. The number of allylic oxidation sites excluding steroid dienone is 1. The Labute approximate surface area is 114 Å². The third kappa shape index (κ3) is 2.66. The highest BCUT2D eigenvalue weighted by Crippen LogP contribution is 2.28. The van der Waals surface area contributed by atoms with Gasteiger partial charge in [-0.05, 0) is 32.1 Å². The zero-order chi connectivity index (χ0) is 13.1. The molecule has 18 heavy (non-hydrogen) atoms. The molecular weight excluding hydrogens is 246 g/mol. The highest BCUT2D eigenvalue weighted by molar-refractivity contribution is 6.30. The summed E-state index contributed by atoms with van der Waals surface area (Å²) in [5.74, 6) is 2.42. The zero-order valence-corrected chi connectivity index (χ0v) is 11.9. The summed E-state index contributed by atoms with van der Waals surface area (Å²) in [4.78, 5) is 11.2. The van der Waals surface area contributed by atoms with Crippen molar-refractivity contribution in [2.24, 2.45) is 5.92 Å². The van der Waals surface area contributed by atoms with Gasteiger partial charge >= 0.3 is 0 Å². The first-order valence-electron chi connectivity index (χ1n) is 6.56. The van der Waals surface area contributed by atoms with Gasteiger partial charge in [0.15, 0.2) is 0 Å². The Kier molecular flexibility index (Phi) is 4.23. The van der Waals surface area contributed by atoms with Crippen LogP contribution in [0.3, 0.4) is 0 Å². The molecule has 98 valence electrons. The predicted octanol–water partition coefficient (Wildman–Crippen LogP) is 3.40. The molecule has 3 nitrogen and oxygen atoms in total. The normalized spacial score (nSPS) is 16.9. The smallest absolute Gasteiger partial charge is 0.138 e. The van der Waals surface area contributed by atoms with Crippen molar-refractivity contribution in [1.29, 1.82) is 0 Å². The maximum absolute atomic E-state index is 6.22. The quantitative estimate of drug-likeness (QED) is 0.620. The summed E-state index contributed by atoms with van der Waals surface area (Å²) in [5, 5.41) is 0.603. The second-order valence-corrected chi connectivity index (χ2v) is 5.14. The number of anilines is 1. The van der Waals surface area contributed by atoms with E-state index in [4.69, 9.17) is 11.6 Å². The van der Waals surface area contributed by atoms with Crippen LogP contribution < -0.4 is 4.90 Å². The fourth-order valence-corrected chi connectivity index (χ4v) is 2.80. The number of hydrogen-bond acceptors (Lipinski definition) is 3. The summed E-state index contributed by atoms with van der Waals surface area (Å²) in [6.07, 6.45) is 5.23. The minimum absolute atomic E-state index is 0.603. The largest absolute Gasteiger partial charge is 0.356 e. The van der Waals surface area contributed by atoms with Crippen LogP contribution >= 0.6 is 11.6 Å². The molecule has 0 unspecified atom stereocenters. The number of piperidine rings is 1. The Morgan fingerprint density at radius 1 is 1.39 bits per heavy atom. The number of rotatable bonds is 3. The van der Waals surface area contributed by atoms with Gasteiger partial charge in [-0.2, -0.15) is 0 Å². The van der Waals surface area contributed by atoms with Gasteiger partial charge in [0.1, 0.15) is 16.8 Å². The molecule has 0 aromatic carbocycles. The van der Waals surface area contributed by atoms with Crippen LogP contribution in [-0.2, 0) is 6.42 Å². The number of hydrogen-bond donors (Lipinski definition) is 0. The number of halogens is 1. The molecule has 0 radical (unpaired) electrons. The molecule has 2 rings (SSSR count). The summed E-state index contributed by atoms with van der Waals surface area (Å²) in [7, 11) is 0. The molecule has 4 heteroatoms. The molecule has 1 fully saturated rings. The van der Waals surface area contributed by atoms with Crippen LogP contribution in [0.4, 0.5) is 5.82 Å². The van der Waals surface area contributed by atoms with Crippen molar-refractivity contribution in [3.63, 3.8) is 0 Å². The zero-order valence-electron chi connectivity index (χ0n) is 11.1. The van der Waals surface area contributed by atoms with Gasteiger partial charge in [-0.1, -0.05) is 24.6 Å². The van der Waals surface area contributed by atoms with Crippen molar-refractivity contribution in [3.05, 3.63) is 29.2 Å². The second-order valence-electron chi connectivity index (χ2n) is 4.78. The maximum Gasteiger partial charge on any atom is 0.138 e. The van der Waals surface area contributed by atoms with Gasteiger partial charge in [0, 0.05) is 18.7 Å². The SMILES string of the molecule is C=CC1CCN(c2nc(C)nc(Cl)c2CC)CC1. The molecule has 0 spiro atoms. The second kappa shape index (κ2) is 5.70. The monoisotopic (exact) mass is 265 g/mol. The Morgan fingerprint density at radius 2 is 2.06 bits per heavy atom. The number of aryl methyl sites for hydroxylation is 1. The molecule has 2 heterocycles. The summed E-state index contributed by atoms with van der Waals surface area (Å²) < 4.78 is 0. The van der Waals surface area contributed by atoms with E-state index in [2.05, 4.69) is 34.4 Å². The third-order valence-electron chi connectivity index (χ3n) is 3.57. The van der Waals surface area contributed by atoms with Gasteiger partial charge in [-0.25, -0.2) is 9.97 Å². The summed E-state index contributed by atoms with van der Waals surface area (Å²) in [6, 6.07) is 0. The molecule has 1 aliphatic heterocycles. The van der Waals surface area contributed by atoms with E-state index in [1.165, 1.54) is 0 Å². The minimum Gasteiger partial charge on any atom is -0.356 e. The Morgan fingerprint density at radius 3 is 2.61 bits per heavy atom. The summed E-state index contributed by atoms with van der Waals surface area (Å²) >= 11 is 6.22. The van der Waals surface area contributed by atoms with Crippen molar-refractivity contribution in [2.75, 3.05) is 18.0 Å². The van der Waals surface area contributed by atoms with Crippen molar-refractivity contribution in [3.8, 4) is 0 Å². The van der Waals surface area contributed by atoms with Crippen LogP contribution in [0.15, 0.2) is 12.7 Å². The minimum atomic E-state index is 0.603. The summed E-state index contributed by atoms with van der Waals surface area (Å²) in [6.45, 7) is 9.92. The van der Waals surface area contributed by atoms with Crippen LogP contribution in [0.25, 0.3) is 0 Å². The molecule has 1 aromatic rings. The molecule has 1 aromatic heterocycles. The first-order valence-corrected chi connectivity index (χ1v) is 6.94. The standard InChI is InChI=1S/C14H20ClN3/c1-4-11-6-8-18(9-7-11)14-12(5-2)13(15)16-10(3)17-14/h4,11H,1,5-9H2,2-3H3. The highest BCUT2D eigenvalue weighted by Gasteiger charge is 2.21. The van der Waals surface area contributed by atoms with Gasteiger partial charge < -0.3 is 4.90 Å². The molecule has 0 amide bonds.